The van der Waals surface area contributed by atoms with Crippen molar-refractivity contribution in [1.29, 1.82) is 0 Å². The molecule has 4 rings (SSSR count). The number of Topliss-reactive ketones (excluding diaryl/α,β-unsaturated/α-hetero) is 1. The van der Waals surface area contributed by atoms with Gasteiger partial charge >= 0.3 is 5.97 Å². The lowest BCUT2D eigenvalue weighted by Gasteiger charge is -2.13. The number of phenols is 1. The number of ketones is 1. The summed E-state index contributed by atoms with van der Waals surface area (Å²) in [5.74, 6) is 0.402. The summed E-state index contributed by atoms with van der Waals surface area (Å²) in [6, 6.07) is 17.1. The van der Waals surface area contributed by atoms with Gasteiger partial charge in [0.05, 0.1) is 18.8 Å². The van der Waals surface area contributed by atoms with Crippen molar-refractivity contribution in [2.24, 2.45) is 0 Å². The molecule has 8 nitrogen and oxygen atoms in total. The molecule has 0 atom stereocenters. The molecule has 1 N–H and O–H groups in total. The molecule has 0 aliphatic heterocycles. The SMILES string of the molecule is CCC(=O)C(=O)OCCCOc1ccc(-c2nc(-c3ccc(C)cc3C)nc(-c3ccc(C)cc3C)n2)c(O)c1. The molecular formula is C32H33N3O5. The lowest BCUT2D eigenvalue weighted by molar-refractivity contribution is -0.153. The first kappa shape index (κ1) is 28.4. The number of benzene rings is 3. The normalized spacial score (nSPS) is 10.8. The first-order valence-electron chi connectivity index (χ1n) is 13.2. The van der Waals surface area contributed by atoms with Gasteiger partial charge in [-0.05, 0) is 51.0 Å². The summed E-state index contributed by atoms with van der Waals surface area (Å²) < 4.78 is 10.6. The van der Waals surface area contributed by atoms with Gasteiger partial charge in [0.25, 0.3) is 0 Å². The molecule has 8 heteroatoms. The minimum absolute atomic E-state index is 0.0400. The highest BCUT2D eigenvalue weighted by Crippen LogP contribution is 2.34. The Morgan fingerprint density at radius 3 is 1.75 bits per heavy atom. The average molecular weight is 540 g/mol. The van der Waals surface area contributed by atoms with Gasteiger partial charge < -0.3 is 14.6 Å². The lowest BCUT2D eigenvalue weighted by Crippen LogP contribution is -2.17. The molecule has 0 aliphatic rings. The van der Waals surface area contributed by atoms with E-state index in [9.17, 15) is 14.7 Å². The average Bonchev–Trinajstić information content (AvgIpc) is 2.92. The number of esters is 1. The largest absolute Gasteiger partial charge is 0.507 e. The van der Waals surface area contributed by atoms with Crippen molar-refractivity contribution in [2.45, 2.75) is 47.5 Å². The molecular weight excluding hydrogens is 506 g/mol. The van der Waals surface area contributed by atoms with E-state index in [1.807, 2.05) is 52.0 Å². The summed E-state index contributed by atoms with van der Waals surface area (Å²) in [6.07, 6.45) is 0.512. The molecule has 0 spiro atoms. The number of rotatable bonds is 10. The van der Waals surface area contributed by atoms with Gasteiger partial charge in [-0.2, -0.15) is 0 Å². The maximum atomic E-state index is 11.5. The van der Waals surface area contributed by atoms with Crippen molar-refractivity contribution in [3.63, 3.8) is 0 Å². The van der Waals surface area contributed by atoms with Gasteiger partial charge in [0, 0.05) is 30.0 Å². The third kappa shape index (κ3) is 6.69. The smallest absolute Gasteiger partial charge is 0.374 e. The van der Waals surface area contributed by atoms with Crippen LogP contribution in [-0.2, 0) is 14.3 Å². The number of aryl methyl sites for hydroxylation is 4. The number of ether oxygens (including phenoxy) is 2. The zero-order valence-corrected chi connectivity index (χ0v) is 23.4. The van der Waals surface area contributed by atoms with Crippen LogP contribution in [0.4, 0.5) is 0 Å². The van der Waals surface area contributed by atoms with E-state index >= 15 is 0 Å². The number of carbonyl (C=O) groups excluding carboxylic acids is 2. The second-order valence-corrected chi connectivity index (χ2v) is 9.74. The molecule has 0 amide bonds. The van der Waals surface area contributed by atoms with Crippen molar-refractivity contribution in [3.8, 4) is 45.7 Å². The van der Waals surface area contributed by atoms with Crippen LogP contribution in [0.1, 0.15) is 42.0 Å². The third-order valence-electron chi connectivity index (χ3n) is 6.43. The number of aromatic nitrogens is 3. The molecule has 0 bridgehead atoms. The van der Waals surface area contributed by atoms with E-state index < -0.39 is 11.8 Å². The summed E-state index contributed by atoms with van der Waals surface area (Å²) in [5, 5.41) is 10.9. The van der Waals surface area contributed by atoms with Gasteiger partial charge in [0.15, 0.2) is 17.5 Å². The van der Waals surface area contributed by atoms with Crippen LogP contribution in [0.2, 0.25) is 0 Å². The second-order valence-electron chi connectivity index (χ2n) is 9.74. The van der Waals surface area contributed by atoms with Crippen LogP contribution in [-0.4, -0.2) is 45.0 Å². The predicted molar refractivity (Wildman–Crippen MR) is 153 cm³/mol. The van der Waals surface area contributed by atoms with E-state index in [0.717, 1.165) is 33.4 Å². The van der Waals surface area contributed by atoms with Crippen LogP contribution >= 0.6 is 0 Å². The van der Waals surface area contributed by atoms with Crippen LogP contribution in [0, 0.1) is 27.7 Å². The number of aromatic hydroxyl groups is 1. The Kier molecular flexibility index (Phi) is 8.89. The lowest BCUT2D eigenvalue weighted by atomic mass is 10.0. The summed E-state index contributed by atoms with van der Waals surface area (Å²) >= 11 is 0. The molecule has 0 aliphatic carbocycles. The van der Waals surface area contributed by atoms with E-state index in [0.29, 0.717) is 35.2 Å². The van der Waals surface area contributed by atoms with Crippen LogP contribution < -0.4 is 4.74 Å². The van der Waals surface area contributed by atoms with Crippen molar-refractivity contribution in [3.05, 3.63) is 76.9 Å². The van der Waals surface area contributed by atoms with Gasteiger partial charge in [-0.3, -0.25) is 4.79 Å². The molecule has 0 fully saturated rings. The van der Waals surface area contributed by atoms with E-state index in [1.54, 1.807) is 19.1 Å². The van der Waals surface area contributed by atoms with Gasteiger partial charge in [-0.15, -0.1) is 0 Å². The van der Waals surface area contributed by atoms with Gasteiger partial charge in [0.2, 0.25) is 5.78 Å². The monoisotopic (exact) mass is 539 g/mol. The van der Waals surface area contributed by atoms with Crippen LogP contribution in [0.3, 0.4) is 0 Å². The minimum Gasteiger partial charge on any atom is -0.507 e. The Labute approximate surface area is 234 Å². The number of phenolic OH excluding ortho intramolecular Hbond substituents is 1. The Morgan fingerprint density at radius 2 is 1.25 bits per heavy atom. The molecule has 0 radical (unpaired) electrons. The van der Waals surface area contributed by atoms with Crippen LogP contribution in [0.15, 0.2) is 54.6 Å². The highest BCUT2D eigenvalue weighted by molar-refractivity contribution is 6.33. The first-order chi connectivity index (χ1) is 19.2. The molecule has 0 saturated carbocycles. The fourth-order valence-corrected chi connectivity index (χ4v) is 4.30. The fraction of sp³-hybridized carbons (Fsp3) is 0.281. The molecule has 206 valence electrons. The topological polar surface area (TPSA) is 112 Å². The Hall–Kier alpha value is -4.59. The zero-order valence-electron chi connectivity index (χ0n) is 23.4. The third-order valence-corrected chi connectivity index (χ3v) is 6.43. The quantitative estimate of drug-likeness (QED) is 0.146. The van der Waals surface area contributed by atoms with Gasteiger partial charge in [-0.25, -0.2) is 19.7 Å². The summed E-state index contributed by atoms with van der Waals surface area (Å²) in [6.45, 7) is 10.0. The highest BCUT2D eigenvalue weighted by atomic mass is 16.5. The number of nitrogens with zero attached hydrogens (tertiary/aromatic N) is 3. The summed E-state index contributed by atoms with van der Waals surface area (Å²) in [4.78, 5) is 37.1. The first-order valence-corrected chi connectivity index (χ1v) is 13.2. The Bertz CT molecular complexity index is 1490. The van der Waals surface area contributed by atoms with Crippen molar-refractivity contribution < 1.29 is 24.2 Å². The van der Waals surface area contributed by atoms with E-state index in [1.165, 1.54) is 6.07 Å². The number of hydrogen-bond donors (Lipinski definition) is 1. The van der Waals surface area contributed by atoms with Crippen molar-refractivity contribution >= 4 is 11.8 Å². The van der Waals surface area contributed by atoms with Crippen LogP contribution in [0.5, 0.6) is 11.5 Å². The Morgan fingerprint density at radius 1 is 0.725 bits per heavy atom. The number of hydrogen-bond acceptors (Lipinski definition) is 8. The van der Waals surface area contributed by atoms with E-state index in [2.05, 4.69) is 12.1 Å². The second kappa shape index (κ2) is 12.5. The molecule has 4 aromatic rings. The van der Waals surface area contributed by atoms with Crippen molar-refractivity contribution in [2.75, 3.05) is 13.2 Å². The van der Waals surface area contributed by atoms with Crippen molar-refractivity contribution in [1.82, 2.24) is 15.0 Å². The van der Waals surface area contributed by atoms with Crippen LogP contribution in [0.25, 0.3) is 34.2 Å². The van der Waals surface area contributed by atoms with Gasteiger partial charge in [-0.1, -0.05) is 54.4 Å². The molecule has 0 saturated heterocycles. The maximum Gasteiger partial charge on any atom is 0.374 e. The molecule has 3 aromatic carbocycles. The molecule has 1 aromatic heterocycles. The van der Waals surface area contributed by atoms with Gasteiger partial charge in [0.1, 0.15) is 11.5 Å². The fourth-order valence-electron chi connectivity index (χ4n) is 4.30. The van der Waals surface area contributed by atoms with E-state index in [4.69, 9.17) is 24.4 Å². The minimum atomic E-state index is -0.831. The standard InChI is InChI=1S/C32H33N3O5/c1-6-27(36)32(38)40-15-7-14-39-23-10-13-26(28(37)18-23)31-34-29(24-11-8-19(2)16-21(24)4)33-30(35-31)25-12-9-20(3)17-22(25)5/h8-13,16-18,37H,6-7,14-15H2,1-5H3. The molecule has 0 unspecified atom stereocenters. The number of carbonyl (C=O) groups is 2. The predicted octanol–water partition coefficient (Wildman–Crippen LogP) is 6.10. The molecule has 40 heavy (non-hydrogen) atoms. The highest BCUT2D eigenvalue weighted by Gasteiger charge is 2.17. The van der Waals surface area contributed by atoms with E-state index in [-0.39, 0.29) is 25.4 Å². The summed E-state index contributed by atoms with van der Waals surface area (Å²) in [7, 11) is 0. The Balaban J connectivity index is 1.62. The summed E-state index contributed by atoms with van der Waals surface area (Å²) in [5.41, 5.74) is 6.60. The molecule has 1 heterocycles. The maximum absolute atomic E-state index is 11.5. The zero-order chi connectivity index (χ0) is 28.8.